The van der Waals surface area contributed by atoms with Gasteiger partial charge in [-0.1, -0.05) is 31.6 Å². The van der Waals surface area contributed by atoms with Crippen LogP contribution in [0.1, 0.15) is 43.2 Å². The fourth-order valence-corrected chi connectivity index (χ4v) is 4.46. The van der Waals surface area contributed by atoms with E-state index in [9.17, 15) is 33.0 Å². The normalized spacial score (nSPS) is 19.4. The van der Waals surface area contributed by atoms with Crippen molar-refractivity contribution < 1.29 is 28.2 Å². The molecule has 2 aromatic heterocycles. The van der Waals surface area contributed by atoms with Crippen LogP contribution in [0.4, 0.5) is 34.0 Å². The number of halogens is 7. The minimum atomic E-state index is -9.86. The van der Waals surface area contributed by atoms with Crippen molar-refractivity contribution in [2.45, 2.75) is 49.6 Å². The van der Waals surface area contributed by atoms with Gasteiger partial charge in [0.25, 0.3) is 11.5 Å². The number of nitrogens with one attached hydrogen (secondary N) is 1. The first-order valence-corrected chi connectivity index (χ1v) is 11.8. The van der Waals surface area contributed by atoms with Crippen LogP contribution in [0.5, 0.6) is 0 Å². The van der Waals surface area contributed by atoms with Crippen molar-refractivity contribution in [1.29, 1.82) is 0 Å². The van der Waals surface area contributed by atoms with Gasteiger partial charge in [-0.3, -0.25) is 4.79 Å². The summed E-state index contributed by atoms with van der Waals surface area (Å²) in [4.78, 5) is 18.8. The number of pyridine rings is 1. The Bertz CT molecular complexity index is 1320. The van der Waals surface area contributed by atoms with E-state index >= 15 is 0 Å². The van der Waals surface area contributed by atoms with Gasteiger partial charge in [0.1, 0.15) is 16.5 Å². The first-order chi connectivity index (χ1) is 14.9. The van der Waals surface area contributed by atoms with Gasteiger partial charge in [-0.2, -0.15) is 0 Å². The molecular weight excluding hydrogens is 477 g/mol. The molecule has 0 amide bonds. The van der Waals surface area contributed by atoms with Crippen LogP contribution in [0.3, 0.4) is 0 Å². The van der Waals surface area contributed by atoms with Gasteiger partial charge in [0.2, 0.25) is 0 Å². The van der Waals surface area contributed by atoms with E-state index in [1.165, 1.54) is 32.2 Å². The van der Waals surface area contributed by atoms with E-state index < -0.39 is 51.5 Å². The molecule has 0 spiro atoms. The molecule has 2 heterocycles. The van der Waals surface area contributed by atoms with Gasteiger partial charge < -0.3 is 9.88 Å². The Morgan fingerprint density at radius 2 is 1.79 bits per heavy atom. The van der Waals surface area contributed by atoms with Crippen LogP contribution in [-0.4, -0.2) is 20.5 Å². The maximum absolute atomic E-state index is 13.3. The Morgan fingerprint density at radius 3 is 2.39 bits per heavy atom. The Balaban J connectivity index is 1.72. The van der Waals surface area contributed by atoms with Gasteiger partial charge in [-0.05, 0) is 31.5 Å². The second-order valence-corrected chi connectivity index (χ2v) is 10.7. The number of fused-ring (bicyclic) bond motifs is 1. The molecule has 1 aliphatic rings. The molecule has 4 rings (SSSR count). The summed E-state index contributed by atoms with van der Waals surface area (Å²) in [5.74, 6) is -2.49. The summed E-state index contributed by atoms with van der Waals surface area (Å²) in [5.41, 5.74) is -0.383. The first kappa shape index (κ1) is 23.3. The van der Waals surface area contributed by atoms with E-state index in [4.69, 9.17) is 0 Å². The Labute approximate surface area is 183 Å². The highest BCUT2D eigenvalue weighted by Crippen LogP contribution is 3.02. The average molecular weight is 496 g/mol. The molecule has 0 bridgehead atoms. The number of hydrogen-bond donors (Lipinski definition) is 1. The lowest BCUT2D eigenvalue weighted by Crippen LogP contribution is -2.40. The Morgan fingerprint density at radius 1 is 1.12 bits per heavy atom. The zero-order chi connectivity index (χ0) is 24.5. The van der Waals surface area contributed by atoms with Crippen molar-refractivity contribution in [2.24, 2.45) is 0 Å². The van der Waals surface area contributed by atoms with E-state index in [-0.39, 0.29) is 28.1 Å². The van der Waals surface area contributed by atoms with Gasteiger partial charge in [0.15, 0.2) is 0 Å². The van der Waals surface area contributed by atoms with Crippen molar-refractivity contribution in [3.05, 3.63) is 58.3 Å². The highest BCUT2D eigenvalue weighted by molar-refractivity contribution is 8.45. The molecule has 5 nitrogen and oxygen atoms in total. The maximum Gasteiger partial charge on any atom is 0.310 e. The molecule has 33 heavy (non-hydrogen) atoms. The highest BCUT2D eigenvalue weighted by atomic mass is 32.5. The number of rotatable bonds is 5. The monoisotopic (exact) mass is 496 g/mol. The second kappa shape index (κ2) is 6.61. The van der Waals surface area contributed by atoms with Crippen LogP contribution in [0.2, 0.25) is 0 Å². The molecule has 1 saturated carbocycles. The molecule has 1 atom stereocenters. The molecular formula is C20H19F7N4OS. The minimum Gasteiger partial charge on any atom is -0.363 e. The summed E-state index contributed by atoms with van der Waals surface area (Å²) in [6, 6.07) is 2.40. The lowest BCUT2D eigenvalue weighted by molar-refractivity contribution is -0.104. The van der Waals surface area contributed by atoms with Crippen molar-refractivity contribution in [1.82, 2.24) is 14.5 Å². The summed E-state index contributed by atoms with van der Waals surface area (Å²) in [5, 5.41) is 3.15. The van der Waals surface area contributed by atoms with Gasteiger partial charge >= 0.3 is 10.2 Å². The lowest BCUT2D eigenvalue weighted by Gasteiger charge is -2.40. The van der Waals surface area contributed by atoms with Gasteiger partial charge in [0.05, 0.1) is 16.9 Å². The molecule has 180 valence electrons. The largest absolute Gasteiger partial charge is 0.363 e. The molecule has 0 saturated heterocycles. The zero-order valence-electron chi connectivity index (χ0n) is 17.3. The molecule has 1 aliphatic carbocycles. The van der Waals surface area contributed by atoms with Crippen molar-refractivity contribution in [3.8, 4) is 0 Å². The predicted molar refractivity (Wildman–Crippen MR) is 112 cm³/mol. The number of nitrogens with zero attached hydrogens (tertiary/aromatic N) is 3. The van der Waals surface area contributed by atoms with Crippen LogP contribution in [-0.2, 0) is 0 Å². The molecule has 1 unspecified atom stereocenters. The van der Waals surface area contributed by atoms with E-state index in [0.717, 1.165) is 10.6 Å². The number of aromatic nitrogens is 3. The molecule has 1 N–H and O–H groups in total. The molecule has 1 fully saturated rings. The van der Waals surface area contributed by atoms with Gasteiger partial charge in [-0.25, -0.2) is 18.7 Å². The smallest absolute Gasteiger partial charge is 0.310 e. The standard InChI is InChI=1S/C20H19F7N4OS/c1-11(13-4-3-5-15(6-13)33(23,24,25,26)27)28-19-16-10-31(14-8-20(21,22)9-14)18(32)7-17(16)29-12(2)30-19/h3-7,10-11,14H,8-9H2,1-2H3,(H,28,29,30). The summed E-state index contributed by atoms with van der Waals surface area (Å²) in [6.07, 6.45) is 0.341. The minimum absolute atomic E-state index is 0.0721. The third-order valence-electron chi connectivity index (χ3n) is 5.49. The van der Waals surface area contributed by atoms with Gasteiger partial charge in [0, 0.05) is 31.1 Å². The van der Waals surface area contributed by atoms with Gasteiger partial charge in [-0.15, -0.1) is 0 Å². The summed E-state index contributed by atoms with van der Waals surface area (Å²) >= 11 is 0. The summed E-state index contributed by atoms with van der Waals surface area (Å²) in [6.45, 7) is 2.98. The Hall–Kier alpha value is -2.83. The van der Waals surface area contributed by atoms with E-state index in [2.05, 4.69) is 15.3 Å². The quantitative estimate of drug-likeness (QED) is 0.391. The SMILES string of the molecule is Cc1nc(NC(C)c2cccc(S(F)(F)(F)(F)F)c2)c2cn(C3CC(F)(F)C3)c(=O)cc2n1. The third kappa shape index (κ3) is 4.77. The number of benzene rings is 1. The van der Waals surface area contributed by atoms with Crippen LogP contribution >= 0.6 is 10.2 Å². The fraction of sp³-hybridized carbons (Fsp3) is 0.350. The number of hydrogen-bond acceptors (Lipinski definition) is 4. The third-order valence-corrected chi connectivity index (χ3v) is 6.63. The van der Waals surface area contributed by atoms with Crippen LogP contribution in [0, 0.1) is 6.92 Å². The Kier molecular flexibility index (Phi) is 4.67. The maximum atomic E-state index is 13.3. The van der Waals surface area contributed by atoms with E-state index in [1.807, 2.05) is 0 Å². The molecule has 13 heteroatoms. The van der Waals surface area contributed by atoms with E-state index in [1.54, 1.807) is 0 Å². The highest BCUT2D eigenvalue weighted by Gasteiger charge is 2.65. The van der Waals surface area contributed by atoms with Crippen LogP contribution in [0.15, 0.2) is 46.2 Å². The molecule has 1 aromatic carbocycles. The number of aryl methyl sites for hydroxylation is 1. The zero-order valence-corrected chi connectivity index (χ0v) is 18.2. The second-order valence-electron chi connectivity index (χ2n) is 8.26. The lowest BCUT2D eigenvalue weighted by atomic mass is 9.88. The molecule has 0 radical (unpaired) electrons. The number of anilines is 1. The molecule has 3 aromatic rings. The van der Waals surface area contributed by atoms with E-state index in [0.29, 0.717) is 12.1 Å². The summed E-state index contributed by atoms with van der Waals surface area (Å²) in [7, 11) is -9.86. The first-order valence-electron chi connectivity index (χ1n) is 9.81. The van der Waals surface area contributed by atoms with Crippen molar-refractivity contribution in [2.75, 3.05) is 5.32 Å². The van der Waals surface area contributed by atoms with Crippen molar-refractivity contribution in [3.63, 3.8) is 0 Å². The van der Waals surface area contributed by atoms with Crippen LogP contribution < -0.4 is 10.9 Å². The fourth-order valence-electron chi connectivity index (χ4n) is 3.77. The number of alkyl halides is 2. The summed E-state index contributed by atoms with van der Waals surface area (Å²) < 4.78 is 93.8. The van der Waals surface area contributed by atoms with Crippen LogP contribution in [0.25, 0.3) is 10.9 Å². The average Bonchev–Trinajstić information content (AvgIpc) is 2.64. The topological polar surface area (TPSA) is 59.8 Å². The molecule has 0 aliphatic heterocycles. The predicted octanol–water partition coefficient (Wildman–Crippen LogP) is 6.90. The van der Waals surface area contributed by atoms with Crippen molar-refractivity contribution >= 4 is 26.9 Å².